The molecule has 2 heterocycles. The van der Waals surface area contributed by atoms with E-state index in [4.69, 9.17) is 5.11 Å². The Morgan fingerprint density at radius 1 is 1.31 bits per heavy atom. The number of pyridine rings is 1. The van der Waals surface area contributed by atoms with Crippen LogP contribution in [0, 0.1) is 0 Å². The number of aliphatic hydroxyl groups is 1. The molecule has 0 aromatic carbocycles. The Kier molecular flexibility index (Phi) is 2.45. The SMILES string of the molecule is OCc1ccc(N2CCCC2)[nH+]c1. The summed E-state index contributed by atoms with van der Waals surface area (Å²) in [5.41, 5.74) is 0.933. The van der Waals surface area contributed by atoms with Gasteiger partial charge in [0.2, 0.25) is 0 Å². The lowest BCUT2D eigenvalue weighted by Gasteiger charge is -2.07. The molecule has 0 spiro atoms. The van der Waals surface area contributed by atoms with Gasteiger partial charge in [-0.3, -0.25) is 4.90 Å². The van der Waals surface area contributed by atoms with E-state index < -0.39 is 0 Å². The summed E-state index contributed by atoms with van der Waals surface area (Å²) in [5, 5.41) is 8.86. The van der Waals surface area contributed by atoms with E-state index >= 15 is 0 Å². The van der Waals surface area contributed by atoms with E-state index in [-0.39, 0.29) is 6.61 Å². The van der Waals surface area contributed by atoms with Crippen molar-refractivity contribution in [2.24, 2.45) is 0 Å². The smallest absolute Gasteiger partial charge is 0.274 e. The monoisotopic (exact) mass is 179 g/mol. The number of hydrogen-bond acceptors (Lipinski definition) is 2. The van der Waals surface area contributed by atoms with E-state index in [1.165, 1.54) is 12.8 Å². The molecule has 1 saturated heterocycles. The van der Waals surface area contributed by atoms with Crippen molar-refractivity contribution in [3.63, 3.8) is 0 Å². The summed E-state index contributed by atoms with van der Waals surface area (Å²) in [5.74, 6) is 1.16. The first-order valence-electron chi connectivity index (χ1n) is 4.76. The van der Waals surface area contributed by atoms with Gasteiger partial charge >= 0.3 is 0 Å². The number of nitrogens with zero attached hydrogens (tertiary/aromatic N) is 1. The highest BCUT2D eigenvalue weighted by molar-refractivity contribution is 5.34. The van der Waals surface area contributed by atoms with Crippen LogP contribution in [0.3, 0.4) is 0 Å². The topological polar surface area (TPSA) is 37.6 Å². The van der Waals surface area contributed by atoms with Gasteiger partial charge in [0.05, 0.1) is 25.9 Å². The number of hydrogen-bond donors (Lipinski definition) is 1. The second-order valence-corrected chi connectivity index (χ2v) is 3.43. The number of anilines is 1. The van der Waals surface area contributed by atoms with Crippen LogP contribution in [-0.2, 0) is 6.61 Å². The highest BCUT2D eigenvalue weighted by Crippen LogP contribution is 2.14. The molecule has 1 aromatic heterocycles. The summed E-state index contributed by atoms with van der Waals surface area (Å²) in [4.78, 5) is 5.53. The Bertz CT molecular complexity index is 265. The third-order valence-corrected chi connectivity index (χ3v) is 2.49. The fourth-order valence-corrected chi connectivity index (χ4v) is 1.70. The van der Waals surface area contributed by atoms with E-state index in [1.807, 2.05) is 18.3 Å². The fraction of sp³-hybridized carbons (Fsp3) is 0.500. The van der Waals surface area contributed by atoms with Gasteiger partial charge in [0.15, 0.2) is 0 Å². The average molecular weight is 179 g/mol. The molecule has 2 rings (SSSR count). The van der Waals surface area contributed by atoms with Gasteiger partial charge in [-0.15, -0.1) is 0 Å². The van der Waals surface area contributed by atoms with E-state index in [2.05, 4.69) is 9.88 Å². The largest absolute Gasteiger partial charge is 0.392 e. The molecule has 1 aliphatic rings. The lowest BCUT2D eigenvalue weighted by molar-refractivity contribution is -0.365. The molecule has 1 aliphatic heterocycles. The van der Waals surface area contributed by atoms with Gasteiger partial charge in [0.1, 0.15) is 0 Å². The zero-order valence-electron chi connectivity index (χ0n) is 7.66. The highest BCUT2D eigenvalue weighted by Gasteiger charge is 2.19. The minimum absolute atomic E-state index is 0.108. The minimum Gasteiger partial charge on any atom is -0.392 e. The van der Waals surface area contributed by atoms with Crippen molar-refractivity contribution in [1.29, 1.82) is 0 Å². The van der Waals surface area contributed by atoms with Gasteiger partial charge in [-0.25, -0.2) is 4.98 Å². The maximum atomic E-state index is 8.86. The van der Waals surface area contributed by atoms with Crippen molar-refractivity contribution in [2.75, 3.05) is 18.0 Å². The first kappa shape index (κ1) is 8.51. The highest BCUT2D eigenvalue weighted by atomic mass is 16.3. The van der Waals surface area contributed by atoms with E-state index in [0.717, 1.165) is 24.5 Å². The number of H-pyrrole nitrogens is 1. The van der Waals surface area contributed by atoms with Crippen LogP contribution in [0.25, 0.3) is 0 Å². The van der Waals surface area contributed by atoms with E-state index in [0.29, 0.717) is 0 Å². The Morgan fingerprint density at radius 2 is 2.08 bits per heavy atom. The summed E-state index contributed by atoms with van der Waals surface area (Å²) < 4.78 is 0. The van der Waals surface area contributed by atoms with Crippen molar-refractivity contribution in [2.45, 2.75) is 19.4 Å². The van der Waals surface area contributed by atoms with Crippen molar-refractivity contribution < 1.29 is 10.1 Å². The molecule has 2 N–H and O–H groups in total. The second-order valence-electron chi connectivity index (χ2n) is 3.43. The Balaban J connectivity index is 2.12. The normalized spacial score (nSPS) is 16.5. The molecule has 3 heteroatoms. The number of aromatic nitrogens is 1. The summed E-state index contributed by atoms with van der Waals surface area (Å²) in [6, 6.07) is 4.00. The maximum absolute atomic E-state index is 8.86. The Morgan fingerprint density at radius 3 is 2.62 bits per heavy atom. The van der Waals surface area contributed by atoms with Gasteiger partial charge < -0.3 is 5.11 Å². The zero-order valence-corrected chi connectivity index (χ0v) is 7.66. The predicted octanol–water partition coefficient (Wildman–Crippen LogP) is 0.593. The lowest BCUT2D eigenvalue weighted by Crippen LogP contribution is -2.25. The third kappa shape index (κ3) is 1.80. The first-order chi connectivity index (χ1) is 6.40. The van der Waals surface area contributed by atoms with Crippen molar-refractivity contribution in [3.05, 3.63) is 23.9 Å². The quantitative estimate of drug-likeness (QED) is 0.721. The molecule has 0 amide bonds. The Hall–Kier alpha value is -1.09. The van der Waals surface area contributed by atoms with Gasteiger partial charge in [0.25, 0.3) is 5.82 Å². The van der Waals surface area contributed by atoms with E-state index in [1.54, 1.807) is 0 Å². The molecule has 1 fully saturated rings. The summed E-state index contributed by atoms with van der Waals surface area (Å²) >= 11 is 0. The van der Waals surface area contributed by atoms with Crippen molar-refractivity contribution in [1.82, 2.24) is 0 Å². The van der Waals surface area contributed by atoms with Crippen LogP contribution in [-0.4, -0.2) is 18.2 Å². The van der Waals surface area contributed by atoms with Gasteiger partial charge in [-0.1, -0.05) is 0 Å². The van der Waals surface area contributed by atoms with E-state index in [9.17, 15) is 0 Å². The number of aliphatic hydroxyl groups excluding tert-OH is 1. The summed E-state index contributed by atoms with van der Waals surface area (Å²) in [6.45, 7) is 2.40. The molecule has 13 heavy (non-hydrogen) atoms. The zero-order chi connectivity index (χ0) is 9.10. The molecule has 0 bridgehead atoms. The number of aromatic amines is 1. The molecule has 0 unspecified atom stereocenters. The molecule has 0 aliphatic carbocycles. The molecule has 0 radical (unpaired) electrons. The van der Waals surface area contributed by atoms with Gasteiger partial charge in [-0.05, 0) is 18.9 Å². The second kappa shape index (κ2) is 3.75. The first-order valence-corrected chi connectivity index (χ1v) is 4.76. The number of nitrogens with one attached hydrogen (secondary N) is 1. The summed E-state index contributed by atoms with van der Waals surface area (Å²) in [7, 11) is 0. The molecular formula is C10H15N2O+. The fourth-order valence-electron chi connectivity index (χ4n) is 1.70. The Labute approximate surface area is 78.0 Å². The molecule has 0 saturated carbocycles. The van der Waals surface area contributed by atoms with Crippen LogP contribution < -0.4 is 9.88 Å². The standard InChI is InChI=1S/C10H14N2O/c13-8-9-3-4-10(11-7-9)12-5-1-2-6-12/h3-4,7,13H,1-2,5-6,8H2/p+1. The van der Waals surface area contributed by atoms with Crippen molar-refractivity contribution in [3.8, 4) is 0 Å². The molecule has 0 atom stereocenters. The molecule has 70 valence electrons. The summed E-state index contributed by atoms with van der Waals surface area (Å²) in [6.07, 6.45) is 4.44. The lowest BCUT2D eigenvalue weighted by atomic mass is 10.3. The van der Waals surface area contributed by atoms with Crippen LogP contribution in [0.2, 0.25) is 0 Å². The average Bonchev–Trinajstić information content (AvgIpc) is 2.71. The minimum atomic E-state index is 0.108. The molecular weight excluding hydrogens is 164 g/mol. The molecule has 1 aromatic rings. The third-order valence-electron chi connectivity index (χ3n) is 2.49. The van der Waals surface area contributed by atoms with Gasteiger partial charge in [0, 0.05) is 11.6 Å². The van der Waals surface area contributed by atoms with Crippen LogP contribution in [0.1, 0.15) is 18.4 Å². The van der Waals surface area contributed by atoms with Crippen molar-refractivity contribution >= 4 is 5.82 Å². The maximum Gasteiger partial charge on any atom is 0.274 e. The molecule has 3 nitrogen and oxygen atoms in total. The van der Waals surface area contributed by atoms with Crippen LogP contribution in [0.15, 0.2) is 18.3 Å². The van der Waals surface area contributed by atoms with Gasteiger partial charge in [-0.2, -0.15) is 0 Å². The van der Waals surface area contributed by atoms with Crippen LogP contribution in [0.4, 0.5) is 5.82 Å². The van der Waals surface area contributed by atoms with Crippen LogP contribution >= 0.6 is 0 Å². The predicted molar refractivity (Wildman–Crippen MR) is 50.4 cm³/mol. The number of rotatable bonds is 2. The van der Waals surface area contributed by atoms with Crippen LogP contribution in [0.5, 0.6) is 0 Å².